The number of aryl methyl sites for hydroxylation is 1. The van der Waals surface area contributed by atoms with Crippen molar-refractivity contribution < 1.29 is 14.2 Å². The molecule has 0 radical (unpaired) electrons. The van der Waals surface area contributed by atoms with Crippen molar-refractivity contribution in [3.8, 4) is 0 Å². The van der Waals surface area contributed by atoms with Crippen LogP contribution in [0.1, 0.15) is 16.2 Å². The van der Waals surface area contributed by atoms with Gasteiger partial charge in [0.05, 0.1) is 19.8 Å². The van der Waals surface area contributed by atoms with Crippen LogP contribution in [0.15, 0.2) is 12.1 Å². The monoisotopic (exact) mass is 287 g/mol. The molecule has 1 aromatic rings. The lowest BCUT2D eigenvalue weighted by atomic mass is 10.4. The highest BCUT2D eigenvalue weighted by atomic mass is 32.1. The Morgan fingerprint density at radius 1 is 1.05 bits per heavy atom. The largest absolute Gasteiger partial charge is 0.385 e. The number of rotatable bonds is 12. The predicted molar refractivity (Wildman–Crippen MR) is 78.9 cm³/mol. The summed E-state index contributed by atoms with van der Waals surface area (Å²) in [5, 5.41) is 3.36. The van der Waals surface area contributed by atoms with E-state index >= 15 is 0 Å². The van der Waals surface area contributed by atoms with Crippen molar-refractivity contribution >= 4 is 11.3 Å². The summed E-state index contributed by atoms with van der Waals surface area (Å²) >= 11 is 1.84. The molecule has 0 amide bonds. The van der Waals surface area contributed by atoms with E-state index in [0.29, 0.717) is 13.2 Å². The molecule has 0 fully saturated rings. The van der Waals surface area contributed by atoms with Gasteiger partial charge in [-0.3, -0.25) is 0 Å². The van der Waals surface area contributed by atoms with Gasteiger partial charge in [-0.2, -0.15) is 0 Å². The van der Waals surface area contributed by atoms with Crippen LogP contribution in [0.25, 0.3) is 0 Å². The standard InChI is InChI=1S/C14H25NO3S/c1-13-4-5-14(19-13)12-15-6-9-18-11-10-17-8-3-7-16-2/h4-5,15H,3,6-12H2,1-2H3. The first-order valence-electron chi connectivity index (χ1n) is 6.73. The fourth-order valence-corrected chi connectivity index (χ4v) is 2.42. The molecule has 110 valence electrons. The van der Waals surface area contributed by atoms with Gasteiger partial charge in [0.25, 0.3) is 0 Å². The number of hydrogen-bond acceptors (Lipinski definition) is 5. The lowest BCUT2D eigenvalue weighted by Crippen LogP contribution is -2.19. The van der Waals surface area contributed by atoms with E-state index in [2.05, 4.69) is 24.4 Å². The fourth-order valence-electron chi connectivity index (χ4n) is 1.56. The lowest BCUT2D eigenvalue weighted by molar-refractivity contribution is 0.0408. The quantitative estimate of drug-likeness (QED) is 0.598. The van der Waals surface area contributed by atoms with Crippen molar-refractivity contribution in [2.75, 3.05) is 46.7 Å². The van der Waals surface area contributed by atoms with Gasteiger partial charge in [0.1, 0.15) is 0 Å². The van der Waals surface area contributed by atoms with Crippen LogP contribution < -0.4 is 5.32 Å². The summed E-state index contributed by atoms with van der Waals surface area (Å²) in [7, 11) is 1.70. The van der Waals surface area contributed by atoms with Gasteiger partial charge in [-0.25, -0.2) is 0 Å². The molecule has 1 rings (SSSR count). The highest BCUT2D eigenvalue weighted by Crippen LogP contribution is 2.14. The van der Waals surface area contributed by atoms with E-state index in [1.54, 1.807) is 7.11 Å². The molecule has 1 aromatic heterocycles. The zero-order valence-electron chi connectivity index (χ0n) is 11.9. The zero-order chi connectivity index (χ0) is 13.8. The van der Waals surface area contributed by atoms with E-state index in [4.69, 9.17) is 14.2 Å². The summed E-state index contributed by atoms with van der Waals surface area (Å²) in [5.41, 5.74) is 0. The summed E-state index contributed by atoms with van der Waals surface area (Å²) in [4.78, 5) is 2.73. The topological polar surface area (TPSA) is 39.7 Å². The molecule has 0 spiro atoms. The molecular formula is C14H25NO3S. The first-order chi connectivity index (χ1) is 9.33. The third-order valence-electron chi connectivity index (χ3n) is 2.53. The van der Waals surface area contributed by atoms with Crippen molar-refractivity contribution in [1.29, 1.82) is 0 Å². The normalized spacial score (nSPS) is 11.1. The van der Waals surface area contributed by atoms with Crippen molar-refractivity contribution in [1.82, 2.24) is 5.32 Å². The van der Waals surface area contributed by atoms with Gasteiger partial charge in [-0.15, -0.1) is 11.3 Å². The predicted octanol–water partition coefficient (Wildman–Crippen LogP) is 2.22. The Balaban J connectivity index is 1.79. The molecule has 1 heterocycles. The highest BCUT2D eigenvalue weighted by Gasteiger charge is 1.96. The van der Waals surface area contributed by atoms with Crippen LogP contribution in [0.4, 0.5) is 0 Å². The molecule has 19 heavy (non-hydrogen) atoms. The van der Waals surface area contributed by atoms with E-state index in [-0.39, 0.29) is 0 Å². The average Bonchev–Trinajstić information content (AvgIpc) is 2.82. The van der Waals surface area contributed by atoms with E-state index < -0.39 is 0 Å². The molecule has 0 aliphatic rings. The third-order valence-corrected chi connectivity index (χ3v) is 3.53. The van der Waals surface area contributed by atoms with Crippen LogP contribution in [-0.2, 0) is 20.8 Å². The number of nitrogens with one attached hydrogen (secondary N) is 1. The SMILES string of the molecule is COCCCOCCOCCNCc1ccc(C)s1. The van der Waals surface area contributed by atoms with Crippen molar-refractivity contribution in [3.63, 3.8) is 0 Å². The van der Waals surface area contributed by atoms with Crippen LogP contribution in [0, 0.1) is 6.92 Å². The number of methoxy groups -OCH3 is 1. The lowest BCUT2D eigenvalue weighted by Gasteiger charge is -2.06. The minimum Gasteiger partial charge on any atom is -0.385 e. The molecule has 1 N–H and O–H groups in total. The maximum absolute atomic E-state index is 5.47. The molecule has 0 bridgehead atoms. The van der Waals surface area contributed by atoms with Crippen LogP contribution >= 0.6 is 11.3 Å². The van der Waals surface area contributed by atoms with Gasteiger partial charge < -0.3 is 19.5 Å². The number of thiophene rings is 1. The van der Waals surface area contributed by atoms with E-state index in [1.165, 1.54) is 9.75 Å². The molecule has 0 aliphatic heterocycles. The smallest absolute Gasteiger partial charge is 0.0701 e. The molecule has 4 nitrogen and oxygen atoms in total. The third kappa shape index (κ3) is 9.13. The van der Waals surface area contributed by atoms with Crippen LogP contribution in [0.5, 0.6) is 0 Å². The summed E-state index contributed by atoms with van der Waals surface area (Å²) in [6.07, 6.45) is 0.943. The first-order valence-corrected chi connectivity index (χ1v) is 7.55. The van der Waals surface area contributed by atoms with Gasteiger partial charge in [-0.05, 0) is 25.5 Å². The van der Waals surface area contributed by atoms with Crippen molar-refractivity contribution in [2.45, 2.75) is 19.9 Å². The van der Waals surface area contributed by atoms with E-state index in [0.717, 1.165) is 39.3 Å². The Kier molecular flexibility index (Phi) is 9.93. The summed E-state index contributed by atoms with van der Waals surface area (Å²) < 4.78 is 15.8. The second-order valence-corrected chi connectivity index (χ2v) is 5.63. The zero-order valence-corrected chi connectivity index (χ0v) is 12.8. The van der Waals surface area contributed by atoms with Crippen molar-refractivity contribution in [3.05, 3.63) is 21.9 Å². The van der Waals surface area contributed by atoms with E-state index in [1.807, 2.05) is 11.3 Å². The minimum absolute atomic E-state index is 0.659. The van der Waals surface area contributed by atoms with Gasteiger partial charge >= 0.3 is 0 Å². The van der Waals surface area contributed by atoms with Crippen LogP contribution in [0.3, 0.4) is 0 Å². The molecule has 5 heteroatoms. The summed E-state index contributed by atoms with van der Waals surface area (Å²) in [5.74, 6) is 0. The molecule has 0 aliphatic carbocycles. The van der Waals surface area contributed by atoms with Gasteiger partial charge in [0.2, 0.25) is 0 Å². The molecule has 0 saturated heterocycles. The minimum atomic E-state index is 0.659. The highest BCUT2D eigenvalue weighted by molar-refractivity contribution is 7.11. The van der Waals surface area contributed by atoms with Gasteiger partial charge in [0.15, 0.2) is 0 Å². The van der Waals surface area contributed by atoms with Gasteiger partial charge in [-0.1, -0.05) is 0 Å². The molecule has 0 atom stereocenters. The van der Waals surface area contributed by atoms with Crippen LogP contribution in [-0.4, -0.2) is 46.7 Å². The number of ether oxygens (including phenoxy) is 3. The maximum atomic E-state index is 5.47. The maximum Gasteiger partial charge on any atom is 0.0701 e. The summed E-state index contributed by atoms with van der Waals surface area (Å²) in [6, 6.07) is 4.32. The van der Waals surface area contributed by atoms with Gasteiger partial charge in [0, 0.05) is 43.2 Å². The Bertz CT molecular complexity index is 317. The summed E-state index contributed by atoms with van der Waals surface area (Å²) in [6.45, 7) is 7.48. The average molecular weight is 287 g/mol. The van der Waals surface area contributed by atoms with E-state index in [9.17, 15) is 0 Å². The van der Waals surface area contributed by atoms with Crippen molar-refractivity contribution in [2.24, 2.45) is 0 Å². The Morgan fingerprint density at radius 2 is 1.84 bits per heavy atom. The fraction of sp³-hybridized carbons (Fsp3) is 0.714. The molecule has 0 saturated carbocycles. The Hall–Kier alpha value is -0.460. The molecule has 0 aromatic carbocycles. The van der Waals surface area contributed by atoms with Crippen LogP contribution in [0.2, 0.25) is 0 Å². The second kappa shape index (κ2) is 11.4. The number of hydrogen-bond donors (Lipinski definition) is 1. The molecular weight excluding hydrogens is 262 g/mol. The Labute approximate surface area is 120 Å². The molecule has 0 unspecified atom stereocenters. The first kappa shape index (κ1) is 16.6. The second-order valence-electron chi connectivity index (χ2n) is 4.26. The Morgan fingerprint density at radius 3 is 2.53 bits per heavy atom.